The lowest BCUT2D eigenvalue weighted by Gasteiger charge is -2.19. The van der Waals surface area contributed by atoms with Crippen molar-refractivity contribution in [3.05, 3.63) is 101 Å². The molecule has 0 spiro atoms. The molecule has 4 aromatic carbocycles. The molecule has 4 aromatic rings. The Hall–Kier alpha value is -5.04. The molecule has 0 aromatic heterocycles. The molecule has 0 heterocycles. The average Bonchev–Trinajstić information content (AvgIpc) is 3.05. The van der Waals surface area contributed by atoms with Crippen molar-refractivity contribution >= 4 is 23.8 Å². The van der Waals surface area contributed by atoms with Crippen LogP contribution in [-0.2, 0) is 0 Å². The standard InChI is InChI=1S/C35H36O7/c1-36-27-12-9-23(10-13-27)16-33(26-18-30(39-4)21-31(19-26)40-5)35-25(17-32(41-6)22-34(35)42-7)11-8-24-14-28(37-2)20-29(15-24)38-3/h8-22H,1-7H3/b11-8+,33-16+. The van der Waals surface area contributed by atoms with E-state index in [0.29, 0.717) is 34.5 Å². The van der Waals surface area contributed by atoms with E-state index in [-0.39, 0.29) is 0 Å². The Morgan fingerprint density at radius 3 is 1.45 bits per heavy atom. The third kappa shape index (κ3) is 6.99. The summed E-state index contributed by atoms with van der Waals surface area (Å²) in [4.78, 5) is 0. The van der Waals surface area contributed by atoms with Gasteiger partial charge in [0.15, 0.2) is 0 Å². The minimum Gasteiger partial charge on any atom is -0.497 e. The molecule has 7 heteroatoms. The monoisotopic (exact) mass is 568 g/mol. The second-order valence-electron chi connectivity index (χ2n) is 9.21. The van der Waals surface area contributed by atoms with E-state index in [9.17, 15) is 0 Å². The Bertz CT molecular complexity index is 1530. The van der Waals surface area contributed by atoms with Crippen LogP contribution in [0.2, 0.25) is 0 Å². The van der Waals surface area contributed by atoms with Crippen LogP contribution in [0.1, 0.15) is 27.8 Å². The zero-order chi connectivity index (χ0) is 30.1. The molecule has 7 nitrogen and oxygen atoms in total. The quantitative estimate of drug-likeness (QED) is 0.164. The molecule has 0 unspecified atom stereocenters. The lowest BCUT2D eigenvalue weighted by atomic mass is 9.90. The van der Waals surface area contributed by atoms with Crippen molar-refractivity contribution in [2.75, 3.05) is 49.8 Å². The van der Waals surface area contributed by atoms with Gasteiger partial charge in [-0.2, -0.15) is 0 Å². The summed E-state index contributed by atoms with van der Waals surface area (Å²) in [6.45, 7) is 0. The highest BCUT2D eigenvalue weighted by atomic mass is 16.5. The third-order valence-electron chi connectivity index (χ3n) is 6.75. The van der Waals surface area contributed by atoms with Crippen LogP contribution in [0.4, 0.5) is 0 Å². The first-order chi connectivity index (χ1) is 20.4. The van der Waals surface area contributed by atoms with Crippen molar-refractivity contribution in [2.24, 2.45) is 0 Å². The van der Waals surface area contributed by atoms with Crippen LogP contribution in [0, 0.1) is 0 Å². The smallest absolute Gasteiger partial charge is 0.131 e. The fourth-order valence-electron chi connectivity index (χ4n) is 4.55. The summed E-state index contributed by atoms with van der Waals surface area (Å²) in [5.41, 5.74) is 5.37. The molecule has 0 aliphatic carbocycles. The molecule has 0 bridgehead atoms. The first-order valence-corrected chi connectivity index (χ1v) is 13.2. The van der Waals surface area contributed by atoms with Gasteiger partial charge in [0.25, 0.3) is 0 Å². The van der Waals surface area contributed by atoms with Crippen LogP contribution >= 0.6 is 0 Å². The van der Waals surface area contributed by atoms with Crippen LogP contribution in [0.5, 0.6) is 40.2 Å². The van der Waals surface area contributed by atoms with Crippen molar-refractivity contribution in [3.63, 3.8) is 0 Å². The van der Waals surface area contributed by atoms with Crippen LogP contribution < -0.4 is 33.2 Å². The molecular formula is C35H36O7. The molecule has 0 aliphatic rings. The lowest BCUT2D eigenvalue weighted by Crippen LogP contribution is -2.00. The molecule has 0 N–H and O–H groups in total. The van der Waals surface area contributed by atoms with Gasteiger partial charge in [-0.3, -0.25) is 0 Å². The van der Waals surface area contributed by atoms with Crippen molar-refractivity contribution < 1.29 is 33.2 Å². The van der Waals surface area contributed by atoms with E-state index in [0.717, 1.165) is 39.1 Å². The molecule has 0 saturated carbocycles. The predicted molar refractivity (Wildman–Crippen MR) is 168 cm³/mol. The van der Waals surface area contributed by atoms with Crippen molar-refractivity contribution in [2.45, 2.75) is 0 Å². The van der Waals surface area contributed by atoms with Crippen molar-refractivity contribution in [3.8, 4) is 40.2 Å². The Kier molecular flexibility index (Phi) is 10.0. The number of hydrogen-bond donors (Lipinski definition) is 0. The molecule has 0 atom stereocenters. The van der Waals surface area contributed by atoms with Gasteiger partial charge in [-0.1, -0.05) is 24.3 Å². The van der Waals surface area contributed by atoms with Gasteiger partial charge in [0, 0.05) is 23.8 Å². The van der Waals surface area contributed by atoms with Gasteiger partial charge in [-0.15, -0.1) is 0 Å². The molecule has 0 radical (unpaired) electrons. The van der Waals surface area contributed by atoms with E-state index in [1.54, 1.807) is 49.8 Å². The summed E-state index contributed by atoms with van der Waals surface area (Å²) >= 11 is 0. The van der Waals surface area contributed by atoms with Crippen molar-refractivity contribution in [1.29, 1.82) is 0 Å². The third-order valence-corrected chi connectivity index (χ3v) is 6.75. The lowest BCUT2D eigenvalue weighted by molar-refractivity contribution is 0.392. The van der Waals surface area contributed by atoms with Gasteiger partial charge in [-0.05, 0) is 76.4 Å². The predicted octanol–water partition coefficient (Wildman–Crippen LogP) is 7.51. The second-order valence-corrected chi connectivity index (χ2v) is 9.21. The van der Waals surface area contributed by atoms with Gasteiger partial charge < -0.3 is 33.2 Å². The summed E-state index contributed by atoms with van der Waals surface area (Å²) in [7, 11) is 11.5. The molecule has 42 heavy (non-hydrogen) atoms. The maximum Gasteiger partial charge on any atom is 0.131 e. The second kappa shape index (κ2) is 14.0. The highest BCUT2D eigenvalue weighted by molar-refractivity contribution is 5.98. The van der Waals surface area contributed by atoms with E-state index in [4.69, 9.17) is 33.2 Å². The first kappa shape index (κ1) is 29.9. The van der Waals surface area contributed by atoms with E-state index >= 15 is 0 Å². The molecule has 0 saturated heterocycles. The summed E-state index contributed by atoms with van der Waals surface area (Å²) in [5.74, 6) is 4.79. The van der Waals surface area contributed by atoms with Crippen LogP contribution in [0.15, 0.2) is 72.8 Å². The van der Waals surface area contributed by atoms with Gasteiger partial charge in [0.05, 0.1) is 49.8 Å². The number of benzene rings is 4. The zero-order valence-electron chi connectivity index (χ0n) is 25.0. The van der Waals surface area contributed by atoms with E-state index in [1.165, 1.54) is 0 Å². The van der Waals surface area contributed by atoms with Crippen LogP contribution in [-0.4, -0.2) is 49.8 Å². The molecule has 4 rings (SSSR count). The van der Waals surface area contributed by atoms with Crippen LogP contribution in [0.25, 0.3) is 23.8 Å². The maximum atomic E-state index is 5.97. The summed E-state index contributed by atoms with van der Waals surface area (Å²) in [6.07, 6.45) is 6.12. The number of rotatable bonds is 12. The Balaban J connectivity index is 2.00. The summed E-state index contributed by atoms with van der Waals surface area (Å²) < 4.78 is 39.2. The number of hydrogen-bond acceptors (Lipinski definition) is 7. The van der Waals surface area contributed by atoms with Gasteiger partial charge in [0.1, 0.15) is 40.2 Å². The number of ether oxygens (including phenoxy) is 7. The first-order valence-electron chi connectivity index (χ1n) is 13.2. The molecular weight excluding hydrogens is 532 g/mol. The van der Waals surface area contributed by atoms with Gasteiger partial charge in [0.2, 0.25) is 0 Å². The minimum absolute atomic E-state index is 0.638. The summed E-state index contributed by atoms with van der Waals surface area (Å²) in [5, 5.41) is 0. The van der Waals surface area contributed by atoms with Gasteiger partial charge >= 0.3 is 0 Å². The maximum absolute atomic E-state index is 5.97. The van der Waals surface area contributed by atoms with E-state index in [1.807, 2.05) is 84.9 Å². The molecule has 0 amide bonds. The molecule has 0 fully saturated rings. The average molecular weight is 569 g/mol. The van der Waals surface area contributed by atoms with Crippen molar-refractivity contribution in [1.82, 2.24) is 0 Å². The minimum atomic E-state index is 0.638. The molecule has 0 aliphatic heterocycles. The number of methoxy groups -OCH3 is 7. The summed E-state index contributed by atoms with van der Waals surface area (Å²) in [6, 6.07) is 23.2. The normalized spacial score (nSPS) is 11.3. The van der Waals surface area contributed by atoms with Crippen LogP contribution in [0.3, 0.4) is 0 Å². The zero-order valence-corrected chi connectivity index (χ0v) is 25.0. The SMILES string of the molecule is COc1ccc(/C=C(\c2cc(OC)cc(OC)c2)c2c(/C=C/c3cc(OC)cc(OC)c3)cc(OC)cc2OC)cc1. The molecule has 218 valence electrons. The fourth-order valence-corrected chi connectivity index (χ4v) is 4.55. The Morgan fingerprint density at radius 2 is 0.952 bits per heavy atom. The Morgan fingerprint density at radius 1 is 0.452 bits per heavy atom. The topological polar surface area (TPSA) is 64.6 Å². The highest BCUT2D eigenvalue weighted by Gasteiger charge is 2.19. The van der Waals surface area contributed by atoms with Gasteiger partial charge in [-0.25, -0.2) is 0 Å². The van der Waals surface area contributed by atoms with E-state index < -0.39 is 0 Å². The fraction of sp³-hybridized carbons (Fsp3) is 0.200. The Labute approximate surface area is 247 Å². The van der Waals surface area contributed by atoms with E-state index in [2.05, 4.69) is 6.08 Å². The largest absolute Gasteiger partial charge is 0.497 e. The highest BCUT2D eigenvalue weighted by Crippen LogP contribution is 2.41.